The highest BCUT2D eigenvalue weighted by atomic mass is 35.5. The van der Waals surface area contributed by atoms with Gasteiger partial charge in [0.25, 0.3) is 0 Å². The summed E-state index contributed by atoms with van der Waals surface area (Å²) in [6, 6.07) is 13.4. The number of hydrogen-bond acceptors (Lipinski definition) is 0. The van der Waals surface area contributed by atoms with E-state index in [0.29, 0.717) is 0 Å². The van der Waals surface area contributed by atoms with Gasteiger partial charge in [-0.2, -0.15) is 0 Å². The summed E-state index contributed by atoms with van der Waals surface area (Å²) < 4.78 is 0. The van der Waals surface area contributed by atoms with Crippen LogP contribution in [-0.4, -0.2) is 8.07 Å². The molecule has 2 heteroatoms. The zero-order chi connectivity index (χ0) is 14.7. The fourth-order valence-corrected chi connectivity index (χ4v) is 6.55. The lowest BCUT2D eigenvalue weighted by Gasteiger charge is -2.24. The van der Waals surface area contributed by atoms with Crippen LogP contribution in [0.15, 0.2) is 36.4 Å². The maximum Gasteiger partial charge on any atom is 0.113 e. The van der Waals surface area contributed by atoms with Crippen molar-refractivity contribution in [1.82, 2.24) is 0 Å². The molecule has 0 saturated carbocycles. The van der Waals surface area contributed by atoms with Crippen molar-refractivity contribution in [2.75, 3.05) is 0 Å². The van der Waals surface area contributed by atoms with Crippen molar-refractivity contribution < 1.29 is 0 Å². The first-order valence-corrected chi connectivity index (χ1v) is 10.5. The Morgan fingerprint density at radius 3 is 2.00 bits per heavy atom. The predicted octanol–water partition coefficient (Wildman–Crippen LogP) is 4.44. The van der Waals surface area contributed by atoms with Crippen LogP contribution < -0.4 is 10.4 Å². The minimum atomic E-state index is -1.61. The molecule has 1 aliphatic heterocycles. The van der Waals surface area contributed by atoms with E-state index >= 15 is 0 Å². The van der Waals surface area contributed by atoms with Crippen LogP contribution >= 0.6 is 11.6 Å². The van der Waals surface area contributed by atoms with Gasteiger partial charge in [0.05, 0.1) is 0 Å². The molecule has 104 valence electrons. The Bertz CT molecular complexity index is 693. The molecule has 0 atom stereocenters. The van der Waals surface area contributed by atoms with Crippen molar-refractivity contribution in [2.45, 2.75) is 39.3 Å². The Kier molecular flexibility index (Phi) is 2.93. The smallest absolute Gasteiger partial charge is 0.0843 e. The van der Waals surface area contributed by atoms with Crippen molar-refractivity contribution in [3.63, 3.8) is 0 Å². The predicted molar refractivity (Wildman–Crippen MR) is 92.3 cm³/mol. The first-order chi connectivity index (χ1) is 9.21. The monoisotopic (exact) mass is 300 g/mol. The second-order valence-corrected chi connectivity index (χ2v) is 12.1. The van der Waals surface area contributed by atoms with Gasteiger partial charge in [-0.25, -0.2) is 0 Å². The molecule has 2 aromatic rings. The molecule has 0 radical (unpaired) electrons. The quantitative estimate of drug-likeness (QED) is 0.631. The van der Waals surface area contributed by atoms with Gasteiger partial charge in [-0.3, -0.25) is 0 Å². The van der Waals surface area contributed by atoms with Crippen LogP contribution in [0.25, 0.3) is 11.1 Å². The van der Waals surface area contributed by atoms with Crippen molar-refractivity contribution in [3.05, 3.63) is 47.0 Å². The Morgan fingerprint density at radius 2 is 1.40 bits per heavy atom. The lowest BCUT2D eigenvalue weighted by molar-refractivity contribution is 0.591. The molecule has 20 heavy (non-hydrogen) atoms. The molecule has 0 amide bonds. The molecule has 1 aliphatic rings. The topological polar surface area (TPSA) is 0 Å². The van der Waals surface area contributed by atoms with E-state index in [0.717, 1.165) is 5.02 Å². The summed E-state index contributed by atoms with van der Waals surface area (Å²) in [4.78, 5) is 0. The Hall–Kier alpha value is -1.05. The molecule has 0 bridgehead atoms. The molecule has 0 N–H and O–H groups in total. The minimum absolute atomic E-state index is 0.200. The highest BCUT2D eigenvalue weighted by molar-refractivity contribution is 7.03. The standard InChI is InChI=1S/C18H21ClSi/c1-18(2,3)12-6-8-14-15-9-7-13(19)11-17(15)20(4,5)16(14)10-12/h6-11H,1-5H3. The molecular weight excluding hydrogens is 280 g/mol. The van der Waals surface area contributed by atoms with Gasteiger partial charge in [0, 0.05) is 5.02 Å². The summed E-state index contributed by atoms with van der Waals surface area (Å²) in [6.07, 6.45) is 0. The third-order valence-corrected chi connectivity index (χ3v) is 8.26. The highest BCUT2D eigenvalue weighted by Crippen LogP contribution is 2.32. The van der Waals surface area contributed by atoms with Crippen molar-refractivity contribution in [1.29, 1.82) is 0 Å². The van der Waals surface area contributed by atoms with E-state index in [2.05, 4.69) is 64.2 Å². The molecular formula is C18H21ClSi. The summed E-state index contributed by atoms with van der Waals surface area (Å²) in [5, 5.41) is 3.89. The van der Waals surface area contributed by atoms with E-state index in [9.17, 15) is 0 Å². The summed E-state index contributed by atoms with van der Waals surface area (Å²) >= 11 is 6.22. The van der Waals surface area contributed by atoms with Gasteiger partial charge in [0.1, 0.15) is 8.07 Å². The first kappa shape index (κ1) is 13.9. The maximum atomic E-state index is 6.22. The van der Waals surface area contributed by atoms with E-state index in [4.69, 9.17) is 11.6 Å². The maximum absolute atomic E-state index is 6.22. The van der Waals surface area contributed by atoms with E-state index in [1.165, 1.54) is 21.9 Å². The number of rotatable bonds is 0. The highest BCUT2D eigenvalue weighted by Gasteiger charge is 2.38. The molecule has 0 spiro atoms. The van der Waals surface area contributed by atoms with Gasteiger partial charge in [0.15, 0.2) is 0 Å². The molecule has 0 nitrogen and oxygen atoms in total. The second-order valence-electron chi connectivity index (χ2n) is 7.33. The zero-order valence-electron chi connectivity index (χ0n) is 12.8. The SMILES string of the molecule is CC(C)(C)c1ccc2c(c1)[Si](C)(C)c1cc(Cl)ccc1-2. The molecule has 0 aliphatic carbocycles. The van der Waals surface area contributed by atoms with Crippen LogP contribution in [0.2, 0.25) is 18.1 Å². The lowest BCUT2D eigenvalue weighted by Crippen LogP contribution is -2.49. The second kappa shape index (κ2) is 4.22. The molecule has 2 aromatic carbocycles. The van der Waals surface area contributed by atoms with Crippen LogP contribution in [0.4, 0.5) is 0 Å². The third-order valence-electron chi connectivity index (χ3n) is 4.50. The molecule has 3 rings (SSSR count). The van der Waals surface area contributed by atoms with Crippen molar-refractivity contribution in [2.24, 2.45) is 0 Å². The van der Waals surface area contributed by atoms with E-state index in [1.54, 1.807) is 5.19 Å². The van der Waals surface area contributed by atoms with Gasteiger partial charge in [0.2, 0.25) is 0 Å². The van der Waals surface area contributed by atoms with Gasteiger partial charge in [-0.15, -0.1) is 0 Å². The van der Waals surface area contributed by atoms with E-state index in [1.807, 2.05) is 6.07 Å². The van der Waals surface area contributed by atoms with Crippen LogP contribution in [0, 0.1) is 0 Å². The van der Waals surface area contributed by atoms with Crippen LogP contribution in [0.3, 0.4) is 0 Å². The van der Waals surface area contributed by atoms with Crippen molar-refractivity contribution in [3.8, 4) is 11.1 Å². The largest absolute Gasteiger partial charge is 0.113 e. The van der Waals surface area contributed by atoms with Crippen LogP contribution in [0.1, 0.15) is 26.3 Å². The summed E-state index contributed by atoms with van der Waals surface area (Å²) in [6.45, 7) is 11.7. The van der Waals surface area contributed by atoms with E-state index < -0.39 is 8.07 Å². The number of fused-ring (bicyclic) bond motifs is 3. The lowest BCUT2D eigenvalue weighted by atomic mass is 9.86. The Balaban J connectivity index is 2.27. The normalized spacial score (nSPS) is 15.9. The van der Waals surface area contributed by atoms with Crippen molar-refractivity contribution >= 4 is 30.0 Å². The molecule has 1 heterocycles. The zero-order valence-corrected chi connectivity index (χ0v) is 14.6. The van der Waals surface area contributed by atoms with Gasteiger partial charge in [-0.05, 0) is 44.6 Å². The molecule has 0 fully saturated rings. The summed E-state index contributed by atoms with van der Waals surface area (Å²) in [5.41, 5.74) is 4.44. The molecule has 0 unspecified atom stereocenters. The first-order valence-electron chi connectivity index (χ1n) is 7.17. The van der Waals surface area contributed by atoms with Crippen LogP contribution in [-0.2, 0) is 5.41 Å². The van der Waals surface area contributed by atoms with Crippen LogP contribution in [0.5, 0.6) is 0 Å². The van der Waals surface area contributed by atoms with Gasteiger partial charge in [-0.1, -0.05) is 69.7 Å². The van der Waals surface area contributed by atoms with Gasteiger partial charge < -0.3 is 0 Å². The number of benzene rings is 2. The number of hydrogen-bond donors (Lipinski definition) is 0. The number of halogens is 1. The summed E-state index contributed by atoms with van der Waals surface area (Å²) in [5.74, 6) is 0. The Labute approximate surface area is 127 Å². The fraction of sp³-hybridized carbons (Fsp3) is 0.333. The Morgan fingerprint density at radius 1 is 0.850 bits per heavy atom. The molecule has 0 saturated heterocycles. The average molecular weight is 301 g/mol. The average Bonchev–Trinajstić information content (AvgIpc) is 2.57. The summed E-state index contributed by atoms with van der Waals surface area (Å²) in [7, 11) is -1.61. The fourth-order valence-electron chi connectivity index (χ4n) is 3.18. The minimum Gasteiger partial charge on any atom is -0.0843 e. The van der Waals surface area contributed by atoms with E-state index in [-0.39, 0.29) is 5.41 Å². The third kappa shape index (κ3) is 1.96. The van der Waals surface area contributed by atoms with Gasteiger partial charge >= 0.3 is 0 Å². The molecule has 0 aromatic heterocycles.